The van der Waals surface area contributed by atoms with E-state index in [1.165, 1.54) is 18.5 Å². The Morgan fingerprint density at radius 3 is 2.55 bits per heavy atom. The second-order valence-corrected chi connectivity index (χ2v) is 10.9. The Kier molecular flexibility index (Phi) is 9.21. The van der Waals surface area contributed by atoms with Crippen LogP contribution in [0.4, 0.5) is 10.5 Å². The number of ether oxygens (including phenoxy) is 2. The van der Waals surface area contributed by atoms with Gasteiger partial charge < -0.3 is 24.5 Å². The van der Waals surface area contributed by atoms with Crippen molar-refractivity contribution < 1.29 is 28.3 Å². The van der Waals surface area contributed by atoms with Crippen LogP contribution in [0.15, 0.2) is 59.5 Å². The number of alkyl carbamates (subject to hydrolysis) is 1. The molecule has 4 aromatic rings. The molecule has 4 rings (SSSR count). The van der Waals surface area contributed by atoms with E-state index in [9.17, 15) is 14.4 Å². The third-order valence-electron chi connectivity index (χ3n) is 5.97. The number of pyridine rings is 1. The molecule has 13 heteroatoms. The van der Waals surface area contributed by atoms with Crippen LogP contribution in [-0.4, -0.2) is 67.8 Å². The predicted octanol–water partition coefficient (Wildman–Crippen LogP) is 4.49. The molecule has 1 unspecified atom stereocenters. The second kappa shape index (κ2) is 12.8. The molecule has 0 fully saturated rings. The topological polar surface area (TPSA) is 155 Å². The van der Waals surface area contributed by atoms with E-state index in [1.807, 2.05) is 19.9 Å². The molecule has 222 valence electrons. The minimum Gasteiger partial charge on any atom is -0.451 e. The highest BCUT2D eigenvalue weighted by molar-refractivity contribution is 6.04. The van der Waals surface area contributed by atoms with E-state index in [2.05, 4.69) is 25.8 Å². The maximum atomic E-state index is 13.2. The van der Waals surface area contributed by atoms with Gasteiger partial charge in [-0.15, -0.1) is 0 Å². The van der Waals surface area contributed by atoms with Crippen molar-refractivity contribution in [1.29, 1.82) is 0 Å². The van der Waals surface area contributed by atoms with Crippen molar-refractivity contribution >= 4 is 23.6 Å². The summed E-state index contributed by atoms with van der Waals surface area (Å²) in [6, 6.07) is 7.70. The molecule has 0 aliphatic carbocycles. The Balaban J connectivity index is 1.49. The van der Waals surface area contributed by atoms with Gasteiger partial charge in [0.25, 0.3) is 11.8 Å². The van der Waals surface area contributed by atoms with Crippen molar-refractivity contribution in [2.24, 2.45) is 5.92 Å². The first-order valence-corrected chi connectivity index (χ1v) is 13.4. The Bertz CT molecular complexity index is 1530. The number of methoxy groups -OCH3 is 1. The van der Waals surface area contributed by atoms with Gasteiger partial charge in [-0.3, -0.25) is 19.3 Å². The summed E-state index contributed by atoms with van der Waals surface area (Å²) >= 11 is 0. The van der Waals surface area contributed by atoms with E-state index in [0.29, 0.717) is 41.6 Å². The molecule has 0 aromatic carbocycles. The minimum atomic E-state index is -0.872. The molecule has 42 heavy (non-hydrogen) atoms. The largest absolute Gasteiger partial charge is 0.451 e. The van der Waals surface area contributed by atoms with E-state index in [4.69, 9.17) is 13.9 Å². The average Bonchev–Trinajstić information content (AvgIpc) is 3.69. The maximum Gasteiger partial charge on any atom is 0.408 e. The van der Waals surface area contributed by atoms with Gasteiger partial charge >= 0.3 is 6.09 Å². The maximum absolute atomic E-state index is 13.2. The number of rotatable bonds is 10. The fraction of sp³-hybridized carbons (Fsp3) is 0.379. The van der Waals surface area contributed by atoms with Gasteiger partial charge in [0.15, 0.2) is 5.76 Å². The lowest BCUT2D eigenvalue weighted by Gasteiger charge is -2.24. The number of carbonyl (C=O) groups excluding carboxylic acids is 3. The number of nitrogens with one attached hydrogen (secondary N) is 2. The first-order valence-electron chi connectivity index (χ1n) is 13.4. The number of carbonyl (C=O) groups is 3. The van der Waals surface area contributed by atoms with Gasteiger partial charge in [0.05, 0.1) is 36.3 Å². The number of hydrogen-bond donors (Lipinski definition) is 2. The van der Waals surface area contributed by atoms with Crippen LogP contribution in [0.3, 0.4) is 0 Å². The van der Waals surface area contributed by atoms with Crippen LogP contribution in [0.25, 0.3) is 22.7 Å². The highest BCUT2D eigenvalue weighted by atomic mass is 16.6. The van der Waals surface area contributed by atoms with E-state index in [0.717, 1.165) is 4.68 Å². The Hall–Kier alpha value is -4.78. The highest BCUT2D eigenvalue weighted by Gasteiger charge is 2.29. The van der Waals surface area contributed by atoms with Crippen LogP contribution in [0.2, 0.25) is 0 Å². The van der Waals surface area contributed by atoms with Crippen LogP contribution in [0, 0.1) is 5.92 Å². The van der Waals surface area contributed by atoms with E-state index < -0.39 is 29.6 Å². The van der Waals surface area contributed by atoms with Crippen molar-refractivity contribution in [3.63, 3.8) is 0 Å². The number of nitrogens with zero attached hydrogens (tertiary/aromatic N) is 5. The first-order chi connectivity index (χ1) is 19.9. The Morgan fingerprint density at radius 2 is 1.88 bits per heavy atom. The van der Waals surface area contributed by atoms with Crippen LogP contribution < -0.4 is 10.6 Å². The molecule has 0 bridgehead atoms. The standard InChI is InChI=1S/C29H35N7O6/c1-18(2)24(33-28(39)42-29(3,4)5)27(38)36-16-19(15-31-36)22-10-11-23(41-22)26(37)32-21-17-35(13-14-40-6)34-25(21)20-9-7-8-12-30-20/h7-12,15-18,24H,13-14H2,1-6H3,(H,32,37)(H,33,39). The fourth-order valence-corrected chi connectivity index (χ4v) is 3.96. The summed E-state index contributed by atoms with van der Waals surface area (Å²) in [4.78, 5) is 43.0. The third kappa shape index (κ3) is 7.49. The molecule has 0 aliphatic heterocycles. The van der Waals surface area contributed by atoms with Gasteiger partial charge in [-0.05, 0) is 51.0 Å². The molecule has 0 radical (unpaired) electrons. The normalized spacial score (nSPS) is 12.3. The van der Waals surface area contributed by atoms with Crippen molar-refractivity contribution in [2.45, 2.75) is 52.8 Å². The lowest BCUT2D eigenvalue weighted by molar-refractivity contribution is 0.0461. The number of aromatic nitrogens is 5. The summed E-state index contributed by atoms with van der Waals surface area (Å²) in [6.45, 7) is 9.78. The zero-order valence-corrected chi connectivity index (χ0v) is 24.5. The summed E-state index contributed by atoms with van der Waals surface area (Å²) in [5.41, 5.74) is 1.34. The monoisotopic (exact) mass is 577 g/mol. The lowest BCUT2D eigenvalue weighted by atomic mass is 10.0. The SMILES string of the molecule is COCCn1cc(NC(=O)c2ccc(-c3cnn(C(=O)C(NC(=O)OC(C)(C)C)C(C)C)c3)o2)c(-c2ccccn2)n1. The molecule has 13 nitrogen and oxygen atoms in total. The van der Waals surface area contributed by atoms with Gasteiger partial charge in [-0.2, -0.15) is 10.2 Å². The van der Waals surface area contributed by atoms with Gasteiger partial charge in [-0.1, -0.05) is 19.9 Å². The van der Waals surface area contributed by atoms with Gasteiger partial charge in [-0.25, -0.2) is 9.48 Å². The molecule has 0 aliphatic rings. The minimum absolute atomic E-state index is 0.0485. The molecule has 1 atom stereocenters. The molecular weight excluding hydrogens is 542 g/mol. The molecule has 2 N–H and O–H groups in total. The Labute approximate surface area is 243 Å². The number of amides is 2. The summed E-state index contributed by atoms with van der Waals surface area (Å²) in [6.07, 6.45) is 5.59. The second-order valence-electron chi connectivity index (χ2n) is 10.9. The van der Waals surface area contributed by atoms with E-state index in [-0.39, 0.29) is 11.7 Å². The Morgan fingerprint density at radius 1 is 1.10 bits per heavy atom. The van der Waals surface area contributed by atoms with Crippen LogP contribution in [0.5, 0.6) is 0 Å². The van der Waals surface area contributed by atoms with Crippen molar-refractivity contribution in [1.82, 2.24) is 29.9 Å². The van der Waals surface area contributed by atoms with Crippen molar-refractivity contribution in [3.05, 3.63) is 60.9 Å². The van der Waals surface area contributed by atoms with E-state index >= 15 is 0 Å². The van der Waals surface area contributed by atoms with Gasteiger partial charge in [0.1, 0.15) is 23.1 Å². The zero-order chi connectivity index (χ0) is 30.4. The summed E-state index contributed by atoms with van der Waals surface area (Å²) in [5.74, 6) is -0.784. The summed E-state index contributed by atoms with van der Waals surface area (Å²) in [7, 11) is 1.60. The summed E-state index contributed by atoms with van der Waals surface area (Å²) < 4.78 is 19.1. The van der Waals surface area contributed by atoms with Crippen LogP contribution in [-0.2, 0) is 16.0 Å². The number of anilines is 1. The molecule has 0 saturated heterocycles. The number of furan rings is 1. The average molecular weight is 578 g/mol. The molecule has 2 amide bonds. The smallest absolute Gasteiger partial charge is 0.408 e. The predicted molar refractivity (Wildman–Crippen MR) is 154 cm³/mol. The van der Waals surface area contributed by atoms with Crippen LogP contribution >= 0.6 is 0 Å². The molecule has 4 heterocycles. The van der Waals surface area contributed by atoms with Crippen molar-refractivity contribution in [3.8, 4) is 22.7 Å². The lowest BCUT2D eigenvalue weighted by Crippen LogP contribution is -2.48. The van der Waals surface area contributed by atoms with E-state index in [1.54, 1.807) is 63.2 Å². The first kappa shape index (κ1) is 30.2. The highest BCUT2D eigenvalue weighted by Crippen LogP contribution is 2.27. The van der Waals surface area contributed by atoms with Gasteiger partial charge in [0, 0.05) is 25.7 Å². The quantitative estimate of drug-likeness (QED) is 0.277. The fourth-order valence-electron chi connectivity index (χ4n) is 3.96. The van der Waals surface area contributed by atoms with Gasteiger partial charge in [0.2, 0.25) is 0 Å². The number of hydrogen-bond acceptors (Lipinski definition) is 9. The third-order valence-corrected chi connectivity index (χ3v) is 5.97. The molecule has 4 aromatic heterocycles. The molecular formula is C29H35N7O6. The zero-order valence-electron chi connectivity index (χ0n) is 24.5. The molecule has 0 saturated carbocycles. The van der Waals surface area contributed by atoms with Crippen molar-refractivity contribution in [2.75, 3.05) is 19.0 Å². The molecule has 0 spiro atoms. The van der Waals surface area contributed by atoms with Crippen LogP contribution in [0.1, 0.15) is 50.0 Å². The summed E-state index contributed by atoms with van der Waals surface area (Å²) in [5, 5.41) is 14.2.